The van der Waals surface area contributed by atoms with Crippen LogP contribution in [0.15, 0.2) is 28.3 Å². The topological polar surface area (TPSA) is 124 Å². The van der Waals surface area contributed by atoms with E-state index in [0.29, 0.717) is 10.7 Å². The minimum absolute atomic E-state index is 0.00280. The van der Waals surface area contributed by atoms with Crippen LogP contribution in [0.1, 0.15) is 5.56 Å². The zero-order chi connectivity index (χ0) is 14.7. The van der Waals surface area contributed by atoms with Gasteiger partial charge < -0.3 is 5.11 Å². The Morgan fingerprint density at radius 1 is 1.55 bits per heavy atom. The van der Waals surface area contributed by atoms with E-state index in [4.69, 9.17) is 5.11 Å². The van der Waals surface area contributed by atoms with Gasteiger partial charge in [0.25, 0.3) is 5.69 Å². The predicted molar refractivity (Wildman–Crippen MR) is 67.4 cm³/mol. The first-order valence-corrected chi connectivity index (χ1v) is 6.20. The number of hydrogen-bond donors (Lipinski definition) is 1. The van der Waals surface area contributed by atoms with Crippen molar-refractivity contribution in [1.82, 2.24) is 20.2 Å². The second-order valence-electron chi connectivity index (χ2n) is 3.82. The minimum atomic E-state index is -1.06. The van der Waals surface area contributed by atoms with Gasteiger partial charge in [0.15, 0.2) is 0 Å². The third-order valence-corrected chi connectivity index (χ3v) is 3.51. The molecule has 0 fully saturated rings. The van der Waals surface area contributed by atoms with Crippen LogP contribution in [0.5, 0.6) is 0 Å². The minimum Gasteiger partial charge on any atom is -0.480 e. The van der Waals surface area contributed by atoms with Gasteiger partial charge >= 0.3 is 5.97 Å². The first-order valence-electron chi connectivity index (χ1n) is 5.38. The molecule has 0 amide bonds. The third-order valence-electron chi connectivity index (χ3n) is 2.35. The van der Waals surface area contributed by atoms with E-state index >= 15 is 0 Å². The predicted octanol–water partition coefficient (Wildman–Crippen LogP) is 1.13. The Balaban J connectivity index is 2.24. The number of nitro groups is 1. The molecule has 10 heteroatoms. The summed E-state index contributed by atoms with van der Waals surface area (Å²) in [5.41, 5.74) is 0.686. The van der Waals surface area contributed by atoms with Gasteiger partial charge in [-0.1, -0.05) is 0 Å². The largest absolute Gasteiger partial charge is 0.480 e. The second-order valence-corrected chi connectivity index (χ2v) is 4.83. The number of nitrogens with zero attached hydrogens (tertiary/aromatic N) is 5. The Hall–Kier alpha value is -2.49. The van der Waals surface area contributed by atoms with Gasteiger partial charge in [-0.05, 0) is 40.7 Å². The molecule has 0 aliphatic carbocycles. The number of tetrazole rings is 1. The third kappa shape index (κ3) is 3.09. The lowest BCUT2D eigenvalue weighted by molar-refractivity contribution is -0.385. The molecule has 1 heterocycles. The SMILES string of the molecule is Cc1cc([N+](=O)[O-])ccc1Sc1nnnn1CC(=O)O. The Morgan fingerprint density at radius 3 is 2.90 bits per heavy atom. The summed E-state index contributed by atoms with van der Waals surface area (Å²) in [6, 6.07) is 4.40. The molecule has 104 valence electrons. The number of rotatable bonds is 5. The maximum atomic E-state index is 10.7. The number of aliphatic carboxylic acids is 1. The lowest BCUT2D eigenvalue weighted by Crippen LogP contribution is -2.11. The first-order chi connectivity index (χ1) is 9.47. The molecule has 2 rings (SSSR count). The van der Waals surface area contributed by atoms with Gasteiger partial charge in [0.2, 0.25) is 5.16 Å². The van der Waals surface area contributed by atoms with Gasteiger partial charge in [-0.2, -0.15) is 0 Å². The Morgan fingerprint density at radius 2 is 2.30 bits per heavy atom. The highest BCUT2D eigenvalue weighted by molar-refractivity contribution is 7.99. The molecule has 1 aromatic heterocycles. The number of carboxylic acid groups (broad SMARTS) is 1. The van der Waals surface area contributed by atoms with Crippen molar-refractivity contribution in [2.75, 3.05) is 0 Å². The van der Waals surface area contributed by atoms with Crippen LogP contribution in [0.3, 0.4) is 0 Å². The van der Waals surface area contributed by atoms with Crippen LogP contribution in [-0.4, -0.2) is 36.2 Å². The van der Waals surface area contributed by atoms with Crippen molar-refractivity contribution in [3.05, 3.63) is 33.9 Å². The van der Waals surface area contributed by atoms with Gasteiger partial charge in [0, 0.05) is 17.0 Å². The van der Waals surface area contributed by atoms with Crippen molar-refractivity contribution in [3.63, 3.8) is 0 Å². The van der Waals surface area contributed by atoms with Crippen molar-refractivity contribution >= 4 is 23.4 Å². The Labute approximate surface area is 116 Å². The quantitative estimate of drug-likeness (QED) is 0.642. The molecule has 0 radical (unpaired) electrons. The van der Waals surface area contributed by atoms with Crippen molar-refractivity contribution in [3.8, 4) is 0 Å². The molecule has 0 atom stereocenters. The van der Waals surface area contributed by atoms with Crippen LogP contribution >= 0.6 is 11.8 Å². The van der Waals surface area contributed by atoms with E-state index in [-0.39, 0.29) is 12.2 Å². The lowest BCUT2D eigenvalue weighted by atomic mass is 10.2. The summed E-state index contributed by atoms with van der Waals surface area (Å²) in [6.45, 7) is 1.38. The molecule has 0 unspecified atom stereocenters. The Bertz CT molecular complexity index is 671. The molecule has 9 nitrogen and oxygen atoms in total. The van der Waals surface area contributed by atoms with Gasteiger partial charge in [0.05, 0.1) is 4.92 Å². The number of aryl methyl sites for hydroxylation is 1. The normalized spacial score (nSPS) is 10.4. The monoisotopic (exact) mass is 295 g/mol. The molecule has 2 aromatic rings. The summed E-state index contributed by atoms with van der Waals surface area (Å²) in [7, 11) is 0. The van der Waals surface area contributed by atoms with Gasteiger partial charge in [0.1, 0.15) is 6.54 Å². The van der Waals surface area contributed by atoms with Gasteiger partial charge in [-0.25, -0.2) is 4.68 Å². The van der Waals surface area contributed by atoms with Crippen LogP contribution in [0.2, 0.25) is 0 Å². The number of nitro benzene ring substituents is 1. The Kier molecular flexibility index (Phi) is 3.94. The van der Waals surface area contributed by atoms with Crippen molar-refractivity contribution in [2.24, 2.45) is 0 Å². The molecule has 0 bridgehead atoms. The fraction of sp³-hybridized carbons (Fsp3) is 0.200. The summed E-state index contributed by atoms with van der Waals surface area (Å²) in [5, 5.41) is 30.4. The van der Waals surface area contributed by atoms with E-state index in [9.17, 15) is 14.9 Å². The van der Waals surface area contributed by atoms with Crippen molar-refractivity contribution in [2.45, 2.75) is 23.5 Å². The van der Waals surface area contributed by atoms with Gasteiger partial charge in [-0.15, -0.1) is 5.10 Å². The van der Waals surface area contributed by atoms with E-state index in [2.05, 4.69) is 15.5 Å². The molecular formula is C10H9N5O4S. The first kappa shape index (κ1) is 13.9. The standard InChI is InChI=1S/C10H9N5O4S/c1-6-4-7(15(18)19)2-3-8(6)20-10-11-12-13-14(10)5-9(16)17/h2-4H,5H2,1H3,(H,16,17). The zero-order valence-corrected chi connectivity index (χ0v) is 11.1. The molecule has 0 spiro atoms. The van der Waals surface area contributed by atoms with Crippen LogP contribution in [0, 0.1) is 17.0 Å². The number of benzene rings is 1. The number of carboxylic acids is 1. The summed E-state index contributed by atoms with van der Waals surface area (Å²) in [6.07, 6.45) is 0. The summed E-state index contributed by atoms with van der Waals surface area (Å²) in [4.78, 5) is 21.6. The maximum Gasteiger partial charge on any atom is 0.325 e. The van der Waals surface area contributed by atoms with E-state index in [1.807, 2.05) is 0 Å². The van der Waals surface area contributed by atoms with E-state index in [0.717, 1.165) is 21.3 Å². The molecule has 1 N–H and O–H groups in total. The van der Waals surface area contributed by atoms with E-state index in [1.54, 1.807) is 13.0 Å². The van der Waals surface area contributed by atoms with Crippen LogP contribution in [0.25, 0.3) is 0 Å². The maximum absolute atomic E-state index is 10.7. The van der Waals surface area contributed by atoms with Crippen molar-refractivity contribution < 1.29 is 14.8 Å². The molecular weight excluding hydrogens is 286 g/mol. The molecule has 0 aliphatic heterocycles. The summed E-state index contributed by atoms with van der Waals surface area (Å²) in [5.74, 6) is -1.06. The van der Waals surface area contributed by atoms with Crippen LogP contribution < -0.4 is 0 Å². The highest BCUT2D eigenvalue weighted by atomic mass is 32.2. The number of aromatic nitrogens is 4. The van der Waals surface area contributed by atoms with E-state index in [1.165, 1.54) is 12.1 Å². The molecule has 20 heavy (non-hydrogen) atoms. The highest BCUT2D eigenvalue weighted by Crippen LogP contribution is 2.30. The highest BCUT2D eigenvalue weighted by Gasteiger charge is 2.14. The van der Waals surface area contributed by atoms with E-state index < -0.39 is 10.9 Å². The van der Waals surface area contributed by atoms with Crippen LogP contribution in [0.4, 0.5) is 5.69 Å². The molecule has 0 aliphatic rings. The number of non-ortho nitro benzene ring substituents is 1. The molecule has 1 aromatic carbocycles. The van der Waals surface area contributed by atoms with Crippen molar-refractivity contribution in [1.29, 1.82) is 0 Å². The fourth-order valence-electron chi connectivity index (χ4n) is 1.46. The lowest BCUT2D eigenvalue weighted by Gasteiger charge is -2.04. The second kappa shape index (κ2) is 5.65. The summed E-state index contributed by atoms with van der Waals surface area (Å²) < 4.78 is 1.15. The van der Waals surface area contributed by atoms with Gasteiger partial charge in [-0.3, -0.25) is 14.9 Å². The average Bonchev–Trinajstić information content (AvgIpc) is 2.78. The molecule has 0 saturated carbocycles. The average molecular weight is 295 g/mol. The fourth-order valence-corrected chi connectivity index (χ4v) is 2.29. The number of hydrogen-bond acceptors (Lipinski definition) is 7. The zero-order valence-electron chi connectivity index (χ0n) is 10.3. The number of carbonyl (C=O) groups is 1. The smallest absolute Gasteiger partial charge is 0.325 e. The summed E-state index contributed by atoms with van der Waals surface area (Å²) >= 11 is 1.15. The molecule has 0 saturated heterocycles. The van der Waals surface area contributed by atoms with Crippen LogP contribution in [-0.2, 0) is 11.3 Å².